The van der Waals surface area contributed by atoms with Crippen LogP contribution in [0.25, 0.3) is 0 Å². The molecule has 1 aromatic carbocycles. The number of thioether (sulfide) groups is 1. The van der Waals surface area contributed by atoms with E-state index in [4.69, 9.17) is 22.5 Å². The zero-order valence-electron chi connectivity index (χ0n) is 9.06. The highest BCUT2D eigenvalue weighted by atomic mass is 35.5. The van der Waals surface area contributed by atoms with E-state index in [9.17, 15) is 0 Å². The predicted molar refractivity (Wildman–Crippen MR) is 70.2 cm³/mol. The van der Waals surface area contributed by atoms with Gasteiger partial charge in [-0.2, -0.15) is 0 Å². The van der Waals surface area contributed by atoms with Crippen LogP contribution in [0.3, 0.4) is 0 Å². The van der Waals surface area contributed by atoms with Crippen molar-refractivity contribution in [2.45, 2.75) is 24.3 Å². The van der Waals surface area contributed by atoms with Crippen molar-refractivity contribution in [3.05, 3.63) is 34.9 Å². The molecule has 3 N–H and O–H groups in total. The fourth-order valence-electron chi connectivity index (χ4n) is 1.25. The third kappa shape index (κ3) is 3.94. The molecule has 0 saturated carbocycles. The Kier molecular flexibility index (Phi) is 5.49. The fourth-order valence-corrected chi connectivity index (χ4v) is 2.42. The number of rotatable bonds is 5. The molecule has 0 aromatic heterocycles. The van der Waals surface area contributed by atoms with Crippen LogP contribution in [0, 0.1) is 0 Å². The lowest BCUT2D eigenvalue weighted by molar-refractivity contribution is 0.317. The number of nitrogens with two attached hydrogens (primary N) is 1. The minimum absolute atomic E-state index is 0.0562. The summed E-state index contributed by atoms with van der Waals surface area (Å²) < 4.78 is 0. The van der Waals surface area contributed by atoms with Crippen LogP contribution in [0.1, 0.15) is 18.9 Å². The molecule has 1 rings (SSSR count). The first-order valence-corrected chi connectivity index (χ1v) is 6.43. The van der Waals surface area contributed by atoms with Gasteiger partial charge in [0, 0.05) is 10.8 Å². The van der Waals surface area contributed by atoms with Crippen LogP contribution in [-0.2, 0) is 5.75 Å². The van der Waals surface area contributed by atoms with Crippen molar-refractivity contribution in [1.82, 2.24) is 0 Å². The molecule has 16 heavy (non-hydrogen) atoms. The lowest BCUT2D eigenvalue weighted by Crippen LogP contribution is -2.25. The Labute approximate surface area is 105 Å². The van der Waals surface area contributed by atoms with Crippen LogP contribution in [0.4, 0.5) is 0 Å². The van der Waals surface area contributed by atoms with Gasteiger partial charge in [-0.15, -0.1) is 11.8 Å². The number of hydrogen-bond donors (Lipinski definition) is 2. The number of hydrogen-bond acceptors (Lipinski definition) is 3. The van der Waals surface area contributed by atoms with Crippen LogP contribution < -0.4 is 5.73 Å². The molecule has 88 valence electrons. The largest absolute Gasteiger partial charge is 0.409 e. The highest BCUT2D eigenvalue weighted by Crippen LogP contribution is 2.21. The van der Waals surface area contributed by atoms with E-state index in [0.29, 0.717) is 0 Å². The Balaban J connectivity index is 2.53. The Morgan fingerprint density at radius 1 is 1.50 bits per heavy atom. The zero-order chi connectivity index (χ0) is 12.0. The molecule has 0 aliphatic carbocycles. The summed E-state index contributed by atoms with van der Waals surface area (Å²) in [6, 6.07) is 7.69. The second-order valence-electron chi connectivity index (χ2n) is 3.36. The summed E-state index contributed by atoms with van der Waals surface area (Å²) >= 11 is 7.45. The summed E-state index contributed by atoms with van der Waals surface area (Å²) in [5, 5.41) is 12.4. The van der Waals surface area contributed by atoms with E-state index in [-0.39, 0.29) is 11.1 Å². The van der Waals surface area contributed by atoms with Gasteiger partial charge in [-0.3, -0.25) is 0 Å². The first-order chi connectivity index (χ1) is 7.67. The molecule has 0 radical (unpaired) electrons. The third-order valence-corrected chi connectivity index (χ3v) is 3.91. The molecule has 0 bridgehead atoms. The van der Waals surface area contributed by atoms with E-state index >= 15 is 0 Å². The Morgan fingerprint density at radius 2 is 2.12 bits per heavy atom. The number of oxime groups is 1. The Morgan fingerprint density at radius 3 is 2.62 bits per heavy atom. The van der Waals surface area contributed by atoms with Gasteiger partial charge in [-0.25, -0.2) is 0 Å². The summed E-state index contributed by atoms with van der Waals surface area (Å²) in [6.07, 6.45) is 0.841. The van der Waals surface area contributed by atoms with E-state index in [2.05, 4.69) is 5.16 Å². The van der Waals surface area contributed by atoms with Gasteiger partial charge in [0.05, 0.1) is 5.25 Å². The molecular weight excluding hydrogens is 244 g/mol. The van der Waals surface area contributed by atoms with Crippen molar-refractivity contribution < 1.29 is 5.21 Å². The minimum Gasteiger partial charge on any atom is -0.409 e. The van der Waals surface area contributed by atoms with Crippen LogP contribution in [0.5, 0.6) is 0 Å². The molecule has 0 aliphatic heterocycles. The monoisotopic (exact) mass is 258 g/mol. The van der Waals surface area contributed by atoms with E-state index in [0.717, 1.165) is 17.2 Å². The highest BCUT2D eigenvalue weighted by molar-refractivity contribution is 7.99. The van der Waals surface area contributed by atoms with Crippen LogP contribution in [0.2, 0.25) is 5.02 Å². The second kappa shape index (κ2) is 6.66. The molecule has 0 aliphatic rings. The van der Waals surface area contributed by atoms with Gasteiger partial charge >= 0.3 is 0 Å². The van der Waals surface area contributed by atoms with E-state index < -0.39 is 0 Å². The topological polar surface area (TPSA) is 58.6 Å². The van der Waals surface area contributed by atoms with Crippen molar-refractivity contribution >= 4 is 29.2 Å². The van der Waals surface area contributed by atoms with Crippen LogP contribution >= 0.6 is 23.4 Å². The highest BCUT2D eigenvalue weighted by Gasteiger charge is 2.11. The minimum atomic E-state index is 0.0562. The van der Waals surface area contributed by atoms with Crippen molar-refractivity contribution in [1.29, 1.82) is 0 Å². The summed E-state index contributed by atoms with van der Waals surface area (Å²) in [5.41, 5.74) is 6.75. The SMILES string of the molecule is CCC(SCc1ccc(Cl)cc1)/C(N)=N/O. The van der Waals surface area contributed by atoms with Crippen molar-refractivity contribution in [2.24, 2.45) is 10.9 Å². The maximum atomic E-state index is 8.60. The van der Waals surface area contributed by atoms with Gasteiger partial charge in [0.2, 0.25) is 0 Å². The molecule has 1 unspecified atom stereocenters. The summed E-state index contributed by atoms with van der Waals surface area (Å²) in [4.78, 5) is 0. The van der Waals surface area contributed by atoms with Gasteiger partial charge in [-0.1, -0.05) is 35.8 Å². The maximum Gasteiger partial charge on any atom is 0.152 e. The Bertz CT molecular complexity index is 354. The fraction of sp³-hybridized carbons (Fsp3) is 0.364. The Hall–Kier alpha value is -0.870. The standard InChI is InChI=1S/C11H15ClN2OS/c1-2-10(11(13)14-15)16-7-8-3-5-9(12)6-4-8/h3-6,10,15H,2,7H2,1H3,(H2,13,14). The first-order valence-electron chi connectivity index (χ1n) is 5.00. The number of halogens is 1. The van der Waals surface area contributed by atoms with Crippen molar-refractivity contribution in [3.8, 4) is 0 Å². The quantitative estimate of drug-likeness (QED) is 0.369. The van der Waals surface area contributed by atoms with Crippen molar-refractivity contribution in [3.63, 3.8) is 0 Å². The lowest BCUT2D eigenvalue weighted by atomic mass is 10.2. The number of amidine groups is 1. The summed E-state index contributed by atoms with van der Waals surface area (Å²) in [6.45, 7) is 2.01. The van der Waals surface area contributed by atoms with E-state index in [1.807, 2.05) is 31.2 Å². The second-order valence-corrected chi connectivity index (χ2v) is 4.99. The molecule has 0 amide bonds. The van der Waals surface area contributed by atoms with Crippen LogP contribution in [-0.4, -0.2) is 16.3 Å². The zero-order valence-corrected chi connectivity index (χ0v) is 10.6. The average Bonchev–Trinajstić information content (AvgIpc) is 2.31. The van der Waals surface area contributed by atoms with Gasteiger partial charge < -0.3 is 10.9 Å². The average molecular weight is 259 g/mol. The number of benzene rings is 1. The van der Waals surface area contributed by atoms with Gasteiger partial charge in [-0.05, 0) is 24.1 Å². The molecule has 0 saturated heterocycles. The summed E-state index contributed by atoms with van der Waals surface area (Å²) in [5.74, 6) is 1.10. The molecule has 1 aromatic rings. The van der Waals surface area contributed by atoms with Gasteiger partial charge in [0.1, 0.15) is 0 Å². The summed E-state index contributed by atoms with van der Waals surface area (Å²) in [7, 11) is 0. The first kappa shape index (κ1) is 13.2. The number of nitrogens with zero attached hydrogens (tertiary/aromatic N) is 1. The van der Waals surface area contributed by atoms with E-state index in [1.54, 1.807) is 11.8 Å². The lowest BCUT2D eigenvalue weighted by Gasteiger charge is -2.12. The molecule has 3 nitrogen and oxygen atoms in total. The van der Waals surface area contributed by atoms with Gasteiger partial charge in [0.15, 0.2) is 5.84 Å². The molecule has 5 heteroatoms. The van der Waals surface area contributed by atoms with Crippen molar-refractivity contribution in [2.75, 3.05) is 0 Å². The van der Waals surface area contributed by atoms with E-state index in [1.165, 1.54) is 5.56 Å². The molecule has 0 heterocycles. The predicted octanol–water partition coefficient (Wildman–Crippen LogP) is 3.10. The molecule has 1 atom stereocenters. The molecule has 0 spiro atoms. The molecule has 0 fully saturated rings. The normalized spacial score (nSPS) is 13.8. The smallest absolute Gasteiger partial charge is 0.152 e. The van der Waals surface area contributed by atoms with Crippen LogP contribution in [0.15, 0.2) is 29.4 Å². The third-order valence-electron chi connectivity index (χ3n) is 2.18. The molecular formula is C11H15ClN2OS. The maximum absolute atomic E-state index is 8.60. The van der Waals surface area contributed by atoms with Gasteiger partial charge in [0.25, 0.3) is 0 Å².